The minimum absolute atomic E-state index is 0.0986. The summed E-state index contributed by atoms with van der Waals surface area (Å²) in [7, 11) is 0. The van der Waals surface area contributed by atoms with Crippen molar-refractivity contribution < 1.29 is 4.79 Å². The van der Waals surface area contributed by atoms with Crippen molar-refractivity contribution in [2.45, 2.75) is 13.8 Å². The molecule has 0 aliphatic carbocycles. The molecule has 2 aromatic carbocycles. The number of aryl methyl sites for hydroxylation is 2. The van der Waals surface area contributed by atoms with Crippen molar-refractivity contribution in [1.82, 2.24) is 9.97 Å². The molecule has 1 heterocycles. The molecule has 4 nitrogen and oxygen atoms in total. The summed E-state index contributed by atoms with van der Waals surface area (Å²) in [5.41, 5.74) is 4.21. The Morgan fingerprint density at radius 2 is 1.73 bits per heavy atom. The minimum atomic E-state index is -0.364. The van der Waals surface area contributed by atoms with E-state index in [0.717, 1.165) is 16.8 Å². The van der Waals surface area contributed by atoms with Gasteiger partial charge in [0.05, 0.1) is 11.0 Å². The van der Waals surface area contributed by atoms with E-state index in [-0.39, 0.29) is 16.8 Å². The van der Waals surface area contributed by atoms with Crippen LogP contribution in [0.2, 0.25) is 5.15 Å². The fourth-order valence-electron chi connectivity index (χ4n) is 2.18. The van der Waals surface area contributed by atoms with Crippen LogP contribution in [-0.2, 0) is 0 Å². The van der Waals surface area contributed by atoms with E-state index in [2.05, 4.69) is 15.3 Å². The van der Waals surface area contributed by atoms with Gasteiger partial charge in [-0.3, -0.25) is 4.79 Å². The second-order valence-corrected chi connectivity index (χ2v) is 5.48. The number of para-hydroxylation sites is 2. The van der Waals surface area contributed by atoms with Gasteiger partial charge in [-0.15, -0.1) is 0 Å². The number of fused-ring (bicyclic) bond motifs is 1. The number of anilines is 1. The predicted octanol–water partition coefficient (Wildman–Crippen LogP) is 4.15. The number of amides is 1. The van der Waals surface area contributed by atoms with E-state index >= 15 is 0 Å². The van der Waals surface area contributed by atoms with Crippen LogP contribution in [0.4, 0.5) is 5.69 Å². The second kappa shape index (κ2) is 5.73. The van der Waals surface area contributed by atoms with Crippen LogP contribution in [0.3, 0.4) is 0 Å². The standard InChI is InChI=1S/C17H14ClN3O/c1-10-7-8-11(2)14(9-10)21-17(22)15-16(18)20-13-6-4-3-5-12(13)19-15/h3-9H,1-2H3,(H,21,22). The third-order valence-corrected chi connectivity index (χ3v) is 3.65. The molecule has 0 aliphatic rings. The molecule has 0 spiro atoms. The summed E-state index contributed by atoms with van der Waals surface area (Å²) < 4.78 is 0. The molecule has 0 bridgehead atoms. The molecule has 0 unspecified atom stereocenters. The predicted molar refractivity (Wildman–Crippen MR) is 88.4 cm³/mol. The monoisotopic (exact) mass is 311 g/mol. The van der Waals surface area contributed by atoms with Gasteiger partial charge in [0.1, 0.15) is 0 Å². The van der Waals surface area contributed by atoms with Crippen LogP contribution in [0.5, 0.6) is 0 Å². The van der Waals surface area contributed by atoms with Crippen LogP contribution >= 0.6 is 11.6 Å². The summed E-state index contributed by atoms with van der Waals surface area (Å²) in [6.07, 6.45) is 0. The second-order valence-electron chi connectivity index (χ2n) is 5.12. The molecule has 1 amide bonds. The summed E-state index contributed by atoms with van der Waals surface area (Å²) in [6, 6.07) is 13.2. The average Bonchev–Trinajstić information content (AvgIpc) is 2.50. The number of rotatable bonds is 2. The average molecular weight is 312 g/mol. The molecule has 3 rings (SSSR count). The van der Waals surface area contributed by atoms with Gasteiger partial charge in [-0.2, -0.15) is 0 Å². The molecule has 0 atom stereocenters. The van der Waals surface area contributed by atoms with Gasteiger partial charge in [0.15, 0.2) is 10.8 Å². The molecule has 0 saturated carbocycles. The number of nitrogens with zero attached hydrogens (tertiary/aromatic N) is 2. The van der Waals surface area contributed by atoms with Crippen molar-refractivity contribution in [3.05, 3.63) is 64.4 Å². The van der Waals surface area contributed by atoms with Gasteiger partial charge in [0, 0.05) is 5.69 Å². The molecule has 1 N–H and O–H groups in total. The Morgan fingerprint density at radius 3 is 2.45 bits per heavy atom. The fourth-order valence-corrected chi connectivity index (χ4v) is 2.39. The first-order valence-corrected chi connectivity index (χ1v) is 7.23. The first kappa shape index (κ1) is 14.5. The van der Waals surface area contributed by atoms with Gasteiger partial charge in [0.25, 0.3) is 5.91 Å². The number of carbonyl (C=O) groups is 1. The van der Waals surface area contributed by atoms with Crippen LogP contribution in [0.1, 0.15) is 21.6 Å². The van der Waals surface area contributed by atoms with E-state index in [1.54, 1.807) is 12.1 Å². The number of hydrogen-bond donors (Lipinski definition) is 1. The SMILES string of the molecule is Cc1ccc(C)c(NC(=O)c2nc3ccccc3nc2Cl)c1. The zero-order chi connectivity index (χ0) is 15.7. The maximum atomic E-state index is 12.4. The number of halogens is 1. The van der Waals surface area contributed by atoms with Crippen LogP contribution < -0.4 is 5.32 Å². The number of aromatic nitrogens is 2. The maximum Gasteiger partial charge on any atom is 0.277 e. The Balaban J connectivity index is 1.98. The fraction of sp³-hybridized carbons (Fsp3) is 0.118. The number of benzene rings is 2. The third kappa shape index (κ3) is 2.78. The van der Waals surface area contributed by atoms with E-state index < -0.39 is 0 Å². The largest absolute Gasteiger partial charge is 0.320 e. The van der Waals surface area contributed by atoms with Gasteiger partial charge in [-0.1, -0.05) is 35.9 Å². The van der Waals surface area contributed by atoms with Crippen molar-refractivity contribution in [2.24, 2.45) is 0 Å². The lowest BCUT2D eigenvalue weighted by Crippen LogP contribution is -2.16. The van der Waals surface area contributed by atoms with Crippen LogP contribution in [-0.4, -0.2) is 15.9 Å². The van der Waals surface area contributed by atoms with Crippen LogP contribution in [0.25, 0.3) is 11.0 Å². The van der Waals surface area contributed by atoms with E-state index in [1.165, 1.54) is 0 Å². The molecular formula is C17H14ClN3O. The molecular weight excluding hydrogens is 298 g/mol. The Hall–Kier alpha value is -2.46. The maximum absolute atomic E-state index is 12.4. The summed E-state index contributed by atoms with van der Waals surface area (Å²) in [5.74, 6) is -0.364. The van der Waals surface area contributed by atoms with Crippen molar-refractivity contribution in [2.75, 3.05) is 5.32 Å². The zero-order valence-corrected chi connectivity index (χ0v) is 13.0. The summed E-state index contributed by atoms with van der Waals surface area (Å²) in [6.45, 7) is 3.90. The van der Waals surface area contributed by atoms with Gasteiger partial charge in [-0.25, -0.2) is 9.97 Å². The van der Waals surface area contributed by atoms with Crippen LogP contribution in [0, 0.1) is 13.8 Å². The Labute approximate surface area is 133 Å². The molecule has 22 heavy (non-hydrogen) atoms. The first-order chi connectivity index (χ1) is 10.5. The summed E-state index contributed by atoms with van der Waals surface area (Å²) >= 11 is 6.10. The Morgan fingerprint density at radius 1 is 1.05 bits per heavy atom. The Bertz CT molecular complexity index is 877. The zero-order valence-electron chi connectivity index (χ0n) is 12.2. The van der Waals surface area contributed by atoms with E-state index in [1.807, 2.05) is 44.2 Å². The normalized spacial score (nSPS) is 10.7. The molecule has 0 fully saturated rings. The number of carbonyl (C=O) groups excluding carboxylic acids is 1. The van der Waals surface area contributed by atoms with Crippen LogP contribution in [0.15, 0.2) is 42.5 Å². The third-order valence-electron chi connectivity index (χ3n) is 3.38. The molecule has 0 radical (unpaired) electrons. The highest BCUT2D eigenvalue weighted by Crippen LogP contribution is 2.20. The highest BCUT2D eigenvalue weighted by molar-refractivity contribution is 6.33. The topological polar surface area (TPSA) is 54.9 Å². The van der Waals surface area contributed by atoms with Gasteiger partial charge < -0.3 is 5.32 Å². The molecule has 110 valence electrons. The van der Waals surface area contributed by atoms with Crippen molar-refractivity contribution in [1.29, 1.82) is 0 Å². The molecule has 0 saturated heterocycles. The highest BCUT2D eigenvalue weighted by Gasteiger charge is 2.16. The first-order valence-electron chi connectivity index (χ1n) is 6.85. The lowest BCUT2D eigenvalue weighted by Gasteiger charge is -2.10. The molecule has 1 aromatic heterocycles. The molecule has 0 aliphatic heterocycles. The number of nitrogens with one attached hydrogen (secondary N) is 1. The smallest absolute Gasteiger partial charge is 0.277 e. The Kier molecular flexibility index (Phi) is 3.77. The van der Waals surface area contributed by atoms with E-state index in [0.29, 0.717) is 11.0 Å². The highest BCUT2D eigenvalue weighted by atomic mass is 35.5. The van der Waals surface area contributed by atoms with Crippen molar-refractivity contribution in [3.8, 4) is 0 Å². The number of hydrogen-bond acceptors (Lipinski definition) is 3. The van der Waals surface area contributed by atoms with E-state index in [4.69, 9.17) is 11.6 Å². The van der Waals surface area contributed by atoms with Crippen molar-refractivity contribution >= 4 is 34.2 Å². The summed E-state index contributed by atoms with van der Waals surface area (Å²) in [4.78, 5) is 21.0. The lowest BCUT2D eigenvalue weighted by atomic mass is 10.1. The van der Waals surface area contributed by atoms with E-state index in [9.17, 15) is 4.79 Å². The van der Waals surface area contributed by atoms with Gasteiger partial charge >= 0.3 is 0 Å². The molecule has 5 heteroatoms. The molecule has 3 aromatic rings. The summed E-state index contributed by atoms with van der Waals surface area (Å²) in [5, 5.41) is 2.95. The van der Waals surface area contributed by atoms with Gasteiger partial charge in [-0.05, 0) is 43.2 Å². The quantitative estimate of drug-likeness (QED) is 0.773. The van der Waals surface area contributed by atoms with Crippen molar-refractivity contribution in [3.63, 3.8) is 0 Å². The lowest BCUT2D eigenvalue weighted by molar-refractivity contribution is 0.102. The minimum Gasteiger partial charge on any atom is -0.320 e. The van der Waals surface area contributed by atoms with Gasteiger partial charge in [0.2, 0.25) is 0 Å².